The molecule has 1 heterocycles. The van der Waals surface area contributed by atoms with Gasteiger partial charge in [-0.05, 0) is 42.8 Å². The fourth-order valence-electron chi connectivity index (χ4n) is 1.74. The molecule has 19 heavy (non-hydrogen) atoms. The van der Waals surface area contributed by atoms with E-state index in [-0.39, 0.29) is 5.91 Å². The molecular weight excluding hydrogens is 242 g/mol. The van der Waals surface area contributed by atoms with Crippen molar-refractivity contribution in [3.8, 4) is 11.3 Å². The van der Waals surface area contributed by atoms with E-state index in [1.54, 1.807) is 12.1 Å². The summed E-state index contributed by atoms with van der Waals surface area (Å²) >= 11 is 0. The number of anilines is 1. The molecule has 0 aliphatic heterocycles. The molecule has 0 spiro atoms. The summed E-state index contributed by atoms with van der Waals surface area (Å²) in [5.41, 5.74) is 1.62. The number of hydrogen-bond donors (Lipinski definition) is 1. The molecule has 1 aromatic heterocycles. The fraction of sp³-hybridized carbons (Fsp3) is 0.200. The van der Waals surface area contributed by atoms with E-state index in [4.69, 9.17) is 4.42 Å². The number of benzene rings is 1. The summed E-state index contributed by atoms with van der Waals surface area (Å²) in [5, 5.41) is 2.81. The van der Waals surface area contributed by atoms with Gasteiger partial charge in [0.1, 0.15) is 5.76 Å². The van der Waals surface area contributed by atoms with Crippen molar-refractivity contribution in [3.05, 3.63) is 42.2 Å². The largest absolute Gasteiger partial charge is 0.453 e. The monoisotopic (exact) mass is 257 g/mol. The van der Waals surface area contributed by atoms with Crippen LogP contribution in [-0.2, 0) is 4.79 Å². The lowest BCUT2D eigenvalue weighted by Gasteiger charge is -2.04. The maximum absolute atomic E-state index is 11.4. The number of amides is 1. The third kappa shape index (κ3) is 3.31. The Bertz CT molecular complexity index is 569. The first-order chi connectivity index (χ1) is 9.22. The van der Waals surface area contributed by atoms with Gasteiger partial charge >= 0.3 is 0 Å². The molecule has 2 rings (SSSR count). The van der Waals surface area contributed by atoms with Crippen LogP contribution in [0, 0.1) is 0 Å². The normalized spacial score (nSPS) is 10.2. The van der Waals surface area contributed by atoms with Crippen LogP contribution in [0.3, 0.4) is 0 Å². The predicted molar refractivity (Wildman–Crippen MR) is 73.1 cm³/mol. The lowest BCUT2D eigenvalue weighted by atomic mass is 10.1. The molecule has 0 saturated heterocycles. The molecule has 2 aromatic rings. The summed E-state index contributed by atoms with van der Waals surface area (Å²) in [4.78, 5) is 22.0. The van der Waals surface area contributed by atoms with Gasteiger partial charge in [0, 0.05) is 17.7 Å². The van der Waals surface area contributed by atoms with Gasteiger partial charge in [-0.3, -0.25) is 9.59 Å². The van der Waals surface area contributed by atoms with E-state index in [2.05, 4.69) is 5.32 Å². The maximum Gasteiger partial charge on any atom is 0.224 e. The second-order valence-corrected chi connectivity index (χ2v) is 4.20. The van der Waals surface area contributed by atoms with Crippen molar-refractivity contribution in [1.29, 1.82) is 0 Å². The van der Waals surface area contributed by atoms with Crippen LogP contribution in [0.1, 0.15) is 30.3 Å². The van der Waals surface area contributed by atoms with Crippen LogP contribution < -0.4 is 5.32 Å². The molecule has 4 heteroatoms. The standard InChI is InChI=1S/C15H15NO3/c1-2-3-15(18)16-12-6-4-11(5-7-12)14-9-8-13(10-17)19-14/h4-10H,2-3H2,1H3,(H,16,18). The lowest BCUT2D eigenvalue weighted by Crippen LogP contribution is -2.10. The zero-order chi connectivity index (χ0) is 13.7. The quantitative estimate of drug-likeness (QED) is 0.834. The molecule has 1 aromatic carbocycles. The number of carbonyl (C=O) groups excluding carboxylic acids is 2. The van der Waals surface area contributed by atoms with Gasteiger partial charge in [0.15, 0.2) is 12.0 Å². The first-order valence-electron chi connectivity index (χ1n) is 6.18. The van der Waals surface area contributed by atoms with Crippen molar-refractivity contribution < 1.29 is 14.0 Å². The summed E-state index contributed by atoms with van der Waals surface area (Å²) in [5.74, 6) is 0.945. The van der Waals surface area contributed by atoms with Crippen molar-refractivity contribution in [2.45, 2.75) is 19.8 Å². The van der Waals surface area contributed by atoms with Gasteiger partial charge in [0.05, 0.1) is 0 Å². The van der Waals surface area contributed by atoms with Crippen molar-refractivity contribution in [3.63, 3.8) is 0 Å². The first kappa shape index (κ1) is 13.1. The van der Waals surface area contributed by atoms with Gasteiger partial charge in [-0.1, -0.05) is 6.92 Å². The number of nitrogens with one attached hydrogen (secondary N) is 1. The van der Waals surface area contributed by atoms with E-state index in [1.165, 1.54) is 0 Å². The minimum Gasteiger partial charge on any atom is -0.453 e. The van der Waals surface area contributed by atoms with Gasteiger partial charge in [0.25, 0.3) is 0 Å². The second-order valence-electron chi connectivity index (χ2n) is 4.20. The van der Waals surface area contributed by atoms with Crippen molar-refractivity contribution in [2.24, 2.45) is 0 Å². The summed E-state index contributed by atoms with van der Waals surface area (Å²) in [6.45, 7) is 1.96. The van der Waals surface area contributed by atoms with E-state index in [0.29, 0.717) is 24.2 Å². The Balaban J connectivity index is 2.09. The number of furan rings is 1. The summed E-state index contributed by atoms with van der Waals surface area (Å²) in [6.07, 6.45) is 2.01. The van der Waals surface area contributed by atoms with Gasteiger partial charge in [0.2, 0.25) is 5.91 Å². The molecule has 1 N–H and O–H groups in total. The van der Waals surface area contributed by atoms with Gasteiger partial charge in [-0.25, -0.2) is 0 Å². The molecule has 1 amide bonds. The van der Waals surface area contributed by atoms with Crippen LogP contribution in [0.25, 0.3) is 11.3 Å². The summed E-state index contributed by atoms with van der Waals surface area (Å²) in [6, 6.07) is 10.7. The van der Waals surface area contributed by atoms with E-state index in [9.17, 15) is 9.59 Å². The molecular formula is C15H15NO3. The predicted octanol–water partition coefficient (Wildman–Crippen LogP) is 3.50. The Morgan fingerprint density at radius 3 is 2.53 bits per heavy atom. The minimum atomic E-state index is 0.0106. The zero-order valence-electron chi connectivity index (χ0n) is 10.7. The maximum atomic E-state index is 11.4. The highest BCUT2D eigenvalue weighted by molar-refractivity contribution is 5.90. The molecule has 0 aliphatic carbocycles. The molecule has 4 nitrogen and oxygen atoms in total. The number of rotatable bonds is 5. The van der Waals surface area contributed by atoms with Gasteiger partial charge in [-0.2, -0.15) is 0 Å². The van der Waals surface area contributed by atoms with Crippen LogP contribution in [0.2, 0.25) is 0 Å². The van der Waals surface area contributed by atoms with Gasteiger partial charge < -0.3 is 9.73 Å². The van der Waals surface area contributed by atoms with E-state index >= 15 is 0 Å². The highest BCUT2D eigenvalue weighted by atomic mass is 16.3. The zero-order valence-corrected chi connectivity index (χ0v) is 10.7. The molecule has 0 unspecified atom stereocenters. The first-order valence-corrected chi connectivity index (χ1v) is 6.18. The Morgan fingerprint density at radius 1 is 1.21 bits per heavy atom. The van der Waals surface area contributed by atoms with Crippen LogP contribution in [0.4, 0.5) is 5.69 Å². The van der Waals surface area contributed by atoms with Crippen LogP contribution >= 0.6 is 0 Å². The second kappa shape index (κ2) is 6.00. The van der Waals surface area contributed by atoms with Crippen molar-refractivity contribution >= 4 is 17.9 Å². The van der Waals surface area contributed by atoms with Crippen LogP contribution in [-0.4, -0.2) is 12.2 Å². The molecule has 0 bridgehead atoms. The average molecular weight is 257 g/mol. The number of hydrogen-bond acceptors (Lipinski definition) is 3. The smallest absolute Gasteiger partial charge is 0.224 e. The van der Waals surface area contributed by atoms with Crippen LogP contribution in [0.15, 0.2) is 40.8 Å². The Morgan fingerprint density at radius 2 is 1.95 bits per heavy atom. The van der Waals surface area contributed by atoms with Crippen LogP contribution in [0.5, 0.6) is 0 Å². The Hall–Kier alpha value is -2.36. The van der Waals surface area contributed by atoms with E-state index in [0.717, 1.165) is 17.7 Å². The fourth-order valence-corrected chi connectivity index (χ4v) is 1.74. The van der Waals surface area contributed by atoms with E-state index < -0.39 is 0 Å². The number of carbonyl (C=O) groups is 2. The number of aldehydes is 1. The molecule has 0 radical (unpaired) electrons. The molecule has 0 aliphatic rings. The third-order valence-electron chi connectivity index (χ3n) is 2.67. The molecule has 98 valence electrons. The Labute approximate surface area is 111 Å². The van der Waals surface area contributed by atoms with Crippen molar-refractivity contribution in [2.75, 3.05) is 5.32 Å². The summed E-state index contributed by atoms with van der Waals surface area (Å²) < 4.78 is 5.32. The third-order valence-corrected chi connectivity index (χ3v) is 2.67. The summed E-state index contributed by atoms with van der Waals surface area (Å²) in [7, 11) is 0. The molecule has 0 fully saturated rings. The van der Waals surface area contributed by atoms with E-state index in [1.807, 2.05) is 31.2 Å². The minimum absolute atomic E-state index is 0.0106. The Kier molecular flexibility index (Phi) is 4.13. The van der Waals surface area contributed by atoms with Gasteiger partial charge in [-0.15, -0.1) is 0 Å². The highest BCUT2D eigenvalue weighted by Crippen LogP contribution is 2.23. The lowest BCUT2D eigenvalue weighted by molar-refractivity contribution is -0.116. The van der Waals surface area contributed by atoms with Crippen molar-refractivity contribution in [1.82, 2.24) is 0 Å². The molecule has 0 saturated carbocycles. The topological polar surface area (TPSA) is 59.3 Å². The highest BCUT2D eigenvalue weighted by Gasteiger charge is 2.05. The molecule has 0 atom stereocenters. The SMILES string of the molecule is CCCC(=O)Nc1ccc(-c2ccc(C=O)o2)cc1. The average Bonchev–Trinajstić information content (AvgIpc) is 2.88.